The molecule has 1 N–H and O–H groups in total. The van der Waals surface area contributed by atoms with Crippen molar-refractivity contribution in [3.05, 3.63) is 64.1 Å². The highest BCUT2D eigenvalue weighted by molar-refractivity contribution is 6.30. The molecule has 7 heteroatoms. The minimum absolute atomic E-state index is 0.167. The molecule has 2 rings (SSSR count). The van der Waals surface area contributed by atoms with Gasteiger partial charge in [0.25, 0.3) is 5.91 Å². The van der Waals surface area contributed by atoms with Crippen LogP contribution in [0, 0.1) is 5.92 Å². The summed E-state index contributed by atoms with van der Waals surface area (Å²) in [5.41, 5.74) is 0.884. The molecular weight excluding hydrogens is 423 g/mol. The molecule has 2 aromatic carbocycles. The van der Waals surface area contributed by atoms with E-state index < -0.39 is 6.04 Å². The zero-order valence-corrected chi connectivity index (χ0v) is 19.0. The van der Waals surface area contributed by atoms with Crippen LogP contribution in [0.2, 0.25) is 10.0 Å². The second-order valence-corrected chi connectivity index (χ2v) is 8.33. The van der Waals surface area contributed by atoms with Crippen molar-refractivity contribution in [1.29, 1.82) is 0 Å². The van der Waals surface area contributed by atoms with Crippen LogP contribution in [0.15, 0.2) is 48.5 Å². The summed E-state index contributed by atoms with van der Waals surface area (Å²) in [5.74, 6) is 0.420. The number of halogens is 2. The maximum Gasteiger partial charge on any atom is 0.261 e. The molecule has 0 aliphatic carbocycles. The maximum atomic E-state index is 13.1. The standard InChI is InChI=1S/C23H28Cl2N2O3/c1-4-21(23(29)26-13-16(2)3)27(14-17-5-7-18(24)8-6-17)22(28)15-30-20-11-9-19(25)10-12-20/h5-12,16,21H,4,13-15H2,1-3H3,(H,26,29). The van der Waals surface area contributed by atoms with Crippen molar-refractivity contribution >= 4 is 35.0 Å². The second-order valence-electron chi connectivity index (χ2n) is 7.45. The molecule has 0 aliphatic rings. The summed E-state index contributed by atoms with van der Waals surface area (Å²) in [4.78, 5) is 27.4. The average molecular weight is 451 g/mol. The summed E-state index contributed by atoms with van der Waals surface area (Å²) in [6.07, 6.45) is 0.490. The van der Waals surface area contributed by atoms with E-state index in [4.69, 9.17) is 27.9 Å². The lowest BCUT2D eigenvalue weighted by molar-refractivity contribution is -0.143. The number of benzene rings is 2. The van der Waals surface area contributed by atoms with Gasteiger partial charge in [0.2, 0.25) is 5.91 Å². The Labute approximate surface area is 188 Å². The molecule has 0 spiro atoms. The summed E-state index contributed by atoms with van der Waals surface area (Å²) < 4.78 is 5.63. The lowest BCUT2D eigenvalue weighted by Crippen LogP contribution is -2.50. The maximum absolute atomic E-state index is 13.1. The van der Waals surface area contributed by atoms with E-state index in [9.17, 15) is 9.59 Å². The Morgan fingerprint density at radius 1 is 1.00 bits per heavy atom. The van der Waals surface area contributed by atoms with Crippen LogP contribution in [-0.2, 0) is 16.1 Å². The molecule has 0 heterocycles. The normalized spacial score (nSPS) is 11.8. The molecule has 5 nitrogen and oxygen atoms in total. The van der Waals surface area contributed by atoms with Crippen LogP contribution in [0.25, 0.3) is 0 Å². The highest BCUT2D eigenvalue weighted by atomic mass is 35.5. The van der Waals surface area contributed by atoms with E-state index in [1.807, 2.05) is 32.9 Å². The molecule has 0 saturated carbocycles. The van der Waals surface area contributed by atoms with Crippen LogP contribution in [-0.4, -0.2) is 35.9 Å². The van der Waals surface area contributed by atoms with Crippen LogP contribution >= 0.6 is 23.2 Å². The molecule has 1 unspecified atom stereocenters. The van der Waals surface area contributed by atoms with Gasteiger partial charge in [0, 0.05) is 23.1 Å². The fourth-order valence-electron chi connectivity index (χ4n) is 2.89. The monoisotopic (exact) mass is 450 g/mol. The van der Waals surface area contributed by atoms with Gasteiger partial charge in [-0.2, -0.15) is 0 Å². The molecule has 1 atom stereocenters. The predicted molar refractivity (Wildman–Crippen MR) is 121 cm³/mol. The Bertz CT molecular complexity index is 823. The van der Waals surface area contributed by atoms with Crippen LogP contribution in [0.5, 0.6) is 5.75 Å². The highest BCUT2D eigenvalue weighted by Crippen LogP contribution is 2.18. The highest BCUT2D eigenvalue weighted by Gasteiger charge is 2.29. The number of amides is 2. The number of hydrogen-bond acceptors (Lipinski definition) is 3. The molecule has 0 bridgehead atoms. The predicted octanol–water partition coefficient (Wildman–Crippen LogP) is 4.95. The van der Waals surface area contributed by atoms with E-state index in [2.05, 4.69) is 5.32 Å². The number of rotatable bonds is 10. The summed E-state index contributed by atoms with van der Waals surface area (Å²) >= 11 is 11.9. The van der Waals surface area contributed by atoms with E-state index in [1.165, 1.54) is 0 Å². The molecule has 0 fully saturated rings. The van der Waals surface area contributed by atoms with Crippen LogP contribution in [0.1, 0.15) is 32.8 Å². The average Bonchev–Trinajstić information content (AvgIpc) is 2.72. The van der Waals surface area contributed by atoms with Crippen molar-refractivity contribution in [1.82, 2.24) is 10.2 Å². The van der Waals surface area contributed by atoms with Gasteiger partial charge in [0.05, 0.1) is 0 Å². The number of hydrogen-bond donors (Lipinski definition) is 1. The molecule has 2 aromatic rings. The molecular formula is C23H28Cl2N2O3. The number of carbonyl (C=O) groups excluding carboxylic acids is 2. The number of nitrogens with one attached hydrogen (secondary N) is 1. The SMILES string of the molecule is CCC(C(=O)NCC(C)C)N(Cc1ccc(Cl)cc1)C(=O)COc1ccc(Cl)cc1. The van der Waals surface area contributed by atoms with Gasteiger partial charge in [-0.15, -0.1) is 0 Å². The Balaban J connectivity index is 2.17. The van der Waals surface area contributed by atoms with Crippen molar-refractivity contribution in [2.24, 2.45) is 5.92 Å². The topological polar surface area (TPSA) is 58.6 Å². The van der Waals surface area contributed by atoms with Gasteiger partial charge in [0.1, 0.15) is 11.8 Å². The Kier molecular flexibility index (Phi) is 9.47. The third-order valence-corrected chi connectivity index (χ3v) is 5.02. The van der Waals surface area contributed by atoms with E-state index in [-0.39, 0.29) is 25.0 Å². The van der Waals surface area contributed by atoms with Gasteiger partial charge in [0.15, 0.2) is 6.61 Å². The van der Waals surface area contributed by atoms with Gasteiger partial charge >= 0.3 is 0 Å². The van der Waals surface area contributed by atoms with Gasteiger partial charge in [-0.05, 0) is 54.3 Å². The third kappa shape index (κ3) is 7.54. The van der Waals surface area contributed by atoms with Crippen molar-refractivity contribution in [2.45, 2.75) is 39.8 Å². The van der Waals surface area contributed by atoms with Gasteiger partial charge in [-0.25, -0.2) is 0 Å². The largest absolute Gasteiger partial charge is 0.484 e. The quantitative estimate of drug-likeness (QED) is 0.556. The first-order valence-corrected chi connectivity index (χ1v) is 10.8. The van der Waals surface area contributed by atoms with Crippen LogP contribution < -0.4 is 10.1 Å². The zero-order chi connectivity index (χ0) is 22.1. The molecule has 162 valence electrons. The fraction of sp³-hybridized carbons (Fsp3) is 0.391. The van der Waals surface area contributed by atoms with E-state index >= 15 is 0 Å². The molecule has 0 aromatic heterocycles. The lowest BCUT2D eigenvalue weighted by atomic mass is 10.1. The fourth-order valence-corrected chi connectivity index (χ4v) is 3.14. The van der Waals surface area contributed by atoms with Gasteiger partial charge in [-0.3, -0.25) is 9.59 Å². The Morgan fingerprint density at radius 3 is 2.10 bits per heavy atom. The van der Waals surface area contributed by atoms with Crippen molar-refractivity contribution in [3.8, 4) is 5.75 Å². The molecule has 30 heavy (non-hydrogen) atoms. The minimum atomic E-state index is -0.597. The smallest absolute Gasteiger partial charge is 0.261 e. The van der Waals surface area contributed by atoms with E-state index in [0.717, 1.165) is 5.56 Å². The second kappa shape index (κ2) is 11.8. The van der Waals surface area contributed by atoms with E-state index in [1.54, 1.807) is 41.3 Å². The lowest BCUT2D eigenvalue weighted by Gasteiger charge is -2.30. The summed E-state index contributed by atoms with van der Waals surface area (Å²) in [7, 11) is 0. The van der Waals surface area contributed by atoms with Crippen molar-refractivity contribution < 1.29 is 14.3 Å². The van der Waals surface area contributed by atoms with Gasteiger partial charge in [-0.1, -0.05) is 56.1 Å². The first-order valence-electron chi connectivity index (χ1n) is 10.00. The van der Waals surface area contributed by atoms with Gasteiger partial charge < -0.3 is 15.0 Å². The number of carbonyl (C=O) groups is 2. The minimum Gasteiger partial charge on any atom is -0.484 e. The first-order chi connectivity index (χ1) is 14.3. The van der Waals surface area contributed by atoms with Crippen molar-refractivity contribution in [3.63, 3.8) is 0 Å². The Hall–Kier alpha value is -2.24. The molecule has 0 radical (unpaired) electrons. The summed E-state index contributed by atoms with van der Waals surface area (Å²) in [6, 6.07) is 13.4. The zero-order valence-electron chi connectivity index (χ0n) is 17.5. The molecule has 0 saturated heterocycles. The van der Waals surface area contributed by atoms with E-state index in [0.29, 0.717) is 34.7 Å². The number of nitrogens with zero attached hydrogens (tertiary/aromatic N) is 1. The first kappa shape index (κ1) is 24.0. The summed E-state index contributed by atoms with van der Waals surface area (Å²) in [5, 5.41) is 4.14. The van der Waals surface area contributed by atoms with Crippen molar-refractivity contribution in [2.75, 3.05) is 13.2 Å². The number of ether oxygens (including phenoxy) is 1. The van der Waals surface area contributed by atoms with Crippen LogP contribution in [0.3, 0.4) is 0 Å². The third-order valence-electron chi connectivity index (χ3n) is 4.51. The molecule has 2 amide bonds. The summed E-state index contributed by atoms with van der Waals surface area (Å²) in [6.45, 7) is 6.60. The van der Waals surface area contributed by atoms with Crippen LogP contribution in [0.4, 0.5) is 0 Å². The molecule has 0 aliphatic heterocycles. The Morgan fingerprint density at radius 2 is 1.57 bits per heavy atom.